The van der Waals surface area contributed by atoms with Crippen LogP contribution >= 0.6 is 0 Å². The zero-order valence-electron chi connectivity index (χ0n) is 10.6. The Hall–Kier alpha value is -1.29. The van der Waals surface area contributed by atoms with Crippen molar-refractivity contribution in [1.29, 1.82) is 0 Å². The molecule has 4 nitrogen and oxygen atoms in total. The van der Waals surface area contributed by atoms with Gasteiger partial charge in [0.15, 0.2) is 11.6 Å². The molecule has 0 aromatic carbocycles. The summed E-state index contributed by atoms with van der Waals surface area (Å²) in [6.45, 7) is 7.19. The van der Waals surface area contributed by atoms with E-state index in [4.69, 9.17) is 4.74 Å². The molecule has 0 atom stereocenters. The summed E-state index contributed by atoms with van der Waals surface area (Å²) in [5, 5.41) is 0. The van der Waals surface area contributed by atoms with Gasteiger partial charge >= 0.3 is 0 Å². The summed E-state index contributed by atoms with van der Waals surface area (Å²) in [6.07, 6.45) is 3.05. The van der Waals surface area contributed by atoms with Gasteiger partial charge in [-0.1, -0.05) is 13.8 Å². The molecule has 0 saturated carbocycles. The second-order valence-corrected chi connectivity index (χ2v) is 5.22. The molecule has 92 valence electrons. The molecule has 2 rings (SSSR count). The fourth-order valence-corrected chi connectivity index (χ4v) is 2.13. The average Bonchev–Trinajstić information content (AvgIpc) is 2.24. The third-order valence-corrected chi connectivity index (χ3v) is 2.94. The third-order valence-electron chi connectivity index (χ3n) is 2.94. The van der Waals surface area contributed by atoms with Crippen LogP contribution in [0.2, 0.25) is 0 Å². The number of ketones is 1. The second kappa shape index (κ2) is 4.53. The quantitative estimate of drug-likeness (QED) is 0.804. The Kier molecular flexibility index (Phi) is 3.24. The lowest BCUT2D eigenvalue weighted by molar-refractivity contribution is 0.0907. The van der Waals surface area contributed by atoms with E-state index in [2.05, 4.69) is 23.8 Å². The van der Waals surface area contributed by atoms with Gasteiger partial charge in [-0.3, -0.25) is 4.79 Å². The largest absolute Gasteiger partial charge is 0.374 e. The maximum Gasteiger partial charge on any atom is 0.166 e. The zero-order chi connectivity index (χ0) is 12.5. The van der Waals surface area contributed by atoms with Crippen LogP contribution in [-0.2, 0) is 17.8 Å². The number of Topliss-reactive ketones (excluding diaryl/α,β-unsaturated/α-hetero) is 1. The van der Waals surface area contributed by atoms with Crippen molar-refractivity contribution in [2.75, 3.05) is 6.61 Å². The van der Waals surface area contributed by atoms with Crippen LogP contribution in [0.5, 0.6) is 0 Å². The molecule has 1 aromatic heterocycles. The summed E-state index contributed by atoms with van der Waals surface area (Å²) in [5.41, 5.74) is 1.56. The van der Waals surface area contributed by atoms with Crippen molar-refractivity contribution in [2.24, 2.45) is 5.41 Å². The minimum Gasteiger partial charge on any atom is -0.374 e. The standard InChI is InChI=1S/C13H18N2O2/c1-4-17-8-12-14-7-9-10(15-12)5-13(2,3)6-11(9)16/h7H,4-6,8H2,1-3H3. The van der Waals surface area contributed by atoms with Crippen LogP contribution in [0.15, 0.2) is 6.20 Å². The van der Waals surface area contributed by atoms with Gasteiger partial charge in [-0.15, -0.1) is 0 Å². The number of aromatic nitrogens is 2. The molecule has 4 heteroatoms. The lowest BCUT2D eigenvalue weighted by Crippen LogP contribution is -2.28. The molecule has 1 aromatic rings. The summed E-state index contributed by atoms with van der Waals surface area (Å²) in [4.78, 5) is 20.5. The van der Waals surface area contributed by atoms with Gasteiger partial charge in [0.25, 0.3) is 0 Å². The molecule has 1 aliphatic rings. The van der Waals surface area contributed by atoms with E-state index in [9.17, 15) is 4.79 Å². The van der Waals surface area contributed by atoms with Crippen LogP contribution in [0.4, 0.5) is 0 Å². The first-order valence-electron chi connectivity index (χ1n) is 5.97. The van der Waals surface area contributed by atoms with E-state index in [1.165, 1.54) is 0 Å². The summed E-state index contributed by atoms with van der Waals surface area (Å²) >= 11 is 0. The smallest absolute Gasteiger partial charge is 0.166 e. The Morgan fingerprint density at radius 3 is 2.88 bits per heavy atom. The molecule has 1 aliphatic carbocycles. The molecule has 0 radical (unpaired) electrons. The fourth-order valence-electron chi connectivity index (χ4n) is 2.13. The van der Waals surface area contributed by atoms with Crippen LogP contribution in [0, 0.1) is 5.41 Å². The maximum atomic E-state index is 11.9. The van der Waals surface area contributed by atoms with Crippen LogP contribution in [0.3, 0.4) is 0 Å². The molecule has 0 N–H and O–H groups in total. The fraction of sp³-hybridized carbons (Fsp3) is 0.615. The van der Waals surface area contributed by atoms with Crippen molar-refractivity contribution in [1.82, 2.24) is 9.97 Å². The number of ether oxygens (including phenoxy) is 1. The van der Waals surface area contributed by atoms with Gasteiger partial charge < -0.3 is 4.74 Å². The van der Waals surface area contributed by atoms with Crippen molar-refractivity contribution in [3.05, 3.63) is 23.3 Å². The predicted octanol–water partition coefficient (Wildman–Crippen LogP) is 2.17. The molecule has 0 fully saturated rings. The highest BCUT2D eigenvalue weighted by Crippen LogP contribution is 2.33. The lowest BCUT2D eigenvalue weighted by Gasteiger charge is -2.29. The SMILES string of the molecule is CCOCc1ncc2c(n1)CC(C)(C)CC2=O. The second-order valence-electron chi connectivity index (χ2n) is 5.22. The Balaban J connectivity index is 2.28. The molecule has 0 aliphatic heterocycles. The van der Waals surface area contributed by atoms with Crippen LogP contribution in [-0.4, -0.2) is 22.4 Å². The van der Waals surface area contributed by atoms with E-state index in [-0.39, 0.29) is 11.2 Å². The number of carbonyl (C=O) groups excluding carboxylic acids is 1. The highest BCUT2D eigenvalue weighted by atomic mass is 16.5. The van der Waals surface area contributed by atoms with Gasteiger partial charge in [0.2, 0.25) is 0 Å². The number of hydrogen-bond donors (Lipinski definition) is 0. The first-order valence-corrected chi connectivity index (χ1v) is 5.97. The van der Waals surface area contributed by atoms with Crippen molar-refractivity contribution >= 4 is 5.78 Å². The minimum atomic E-state index is 0.00131. The molecule has 1 heterocycles. The van der Waals surface area contributed by atoms with Gasteiger partial charge in [-0.2, -0.15) is 0 Å². The molecule has 0 spiro atoms. The average molecular weight is 234 g/mol. The van der Waals surface area contributed by atoms with Crippen LogP contribution in [0.1, 0.15) is 49.1 Å². The van der Waals surface area contributed by atoms with E-state index in [1.54, 1.807) is 6.20 Å². The number of fused-ring (bicyclic) bond motifs is 1. The van der Waals surface area contributed by atoms with Crippen molar-refractivity contribution in [3.8, 4) is 0 Å². The summed E-state index contributed by atoms with van der Waals surface area (Å²) in [7, 11) is 0. The van der Waals surface area contributed by atoms with Crippen molar-refractivity contribution in [3.63, 3.8) is 0 Å². The first kappa shape index (κ1) is 12.2. The monoisotopic (exact) mass is 234 g/mol. The van der Waals surface area contributed by atoms with E-state index in [0.29, 0.717) is 31.0 Å². The molecular weight excluding hydrogens is 216 g/mol. The normalized spacial score (nSPS) is 17.9. The number of rotatable bonds is 3. The van der Waals surface area contributed by atoms with E-state index in [1.807, 2.05) is 6.92 Å². The minimum absolute atomic E-state index is 0.00131. The molecule has 0 amide bonds. The Morgan fingerprint density at radius 2 is 2.18 bits per heavy atom. The summed E-state index contributed by atoms with van der Waals surface area (Å²) in [5.74, 6) is 0.815. The van der Waals surface area contributed by atoms with E-state index in [0.717, 1.165) is 12.1 Å². The Labute approximate surface area is 101 Å². The van der Waals surface area contributed by atoms with Gasteiger partial charge in [0.1, 0.15) is 6.61 Å². The predicted molar refractivity (Wildman–Crippen MR) is 63.8 cm³/mol. The summed E-state index contributed by atoms with van der Waals surface area (Å²) < 4.78 is 5.28. The lowest BCUT2D eigenvalue weighted by atomic mass is 9.76. The van der Waals surface area contributed by atoms with Gasteiger partial charge in [0.05, 0.1) is 11.3 Å². The van der Waals surface area contributed by atoms with Crippen LogP contribution in [0.25, 0.3) is 0 Å². The number of nitrogens with zero attached hydrogens (tertiary/aromatic N) is 2. The Morgan fingerprint density at radius 1 is 1.41 bits per heavy atom. The maximum absolute atomic E-state index is 11.9. The third kappa shape index (κ3) is 2.69. The van der Waals surface area contributed by atoms with Crippen molar-refractivity contribution < 1.29 is 9.53 Å². The Bertz CT molecular complexity index is 441. The first-order chi connectivity index (χ1) is 8.02. The number of carbonyl (C=O) groups is 1. The van der Waals surface area contributed by atoms with Gasteiger partial charge in [0, 0.05) is 19.2 Å². The highest BCUT2D eigenvalue weighted by Gasteiger charge is 2.32. The van der Waals surface area contributed by atoms with Gasteiger partial charge in [-0.25, -0.2) is 9.97 Å². The molecule has 17 heavy (non-hydrogen) atoms. The summed E-state index contributed by atoms with van der Waals surface area (Å²) in [6, 6.07) is 0. The topological polar surface area (TPSA) is 52.1 Å². The molecule has 0 saturated heterocycles. The van der Waals surface area contributed by atoms with Gasteiger partial charge in [-0.05, 0) is 18.8 Å². The molecular formula is C13H18N2O2. The van der Waals surface area contributed by atoms with E-state index < -0.39 is 0 Å². The van der Waals surface area contributed by atoms with Crippen LogP contribution < -0.4 is 0 Å². The van der Waals surface area contributed by atoms with Crippen molar-refractivity contribution in [2.45, 2.75) is 40.2 Å². The molecule has 0 unspecified atom stereocenters. The number of hydrogen-bond acceptors (Lipinski definition) is 4. The zero-order valence-corrected chi connectivity index (χ0v) is 10.6. The highest BCUT2D eigenvalue weighted by molar-refractivity contribution is 5.98. The molecule has 0 bridgehead atoms. The van der Waals surface area contributed by atoms with E-state index >= 15 is 0 Å².